The molecule has 0 bridgehead atoms. The summed E-state index contributed by atoms with van der Waals surface area (Å²) < 4.78 is 5.84. The van der Waals surface area contributed by atoms with Crippen LogP contribution in [-0.4, -0.2) is 42.0 Å². The van der Waals surface area contributed by atoms with Crippen LogP contribution in [-0.2, 0) is 0 Å². The van der Waals surface area contributed by atoms with Crippen molar-refractivity contribution in [3.8, 4) is 17.6 Å². The molecule has 29 heavy (non-hydrogen) atoms. The van der Waals surface area contributed by atoms with Crippen LogP contribution in [0.4, 0.5) is 5.82 Å². The molecule has 2 heterocycles. The molecule has 0 unspecified atom stereocenters. The molecule has 1 saturated heterocycles. The molecule has 1 aliphatic heterocycles. The molecule has 0 radical (unpaired) electrons. The predicted octanol–water partition coefficient (Wildman–Crippen LogP) is 3.71. The van der Waals surface area contributed by atoms with E-state index in [0.717, 1.165) is 11.6 Å². The first-order valence-corrected chi connectivity index (χ1v) is 9.46. The van der Waals surface area contributed by atoms with Gasteiger partial charge in [-0.2, -0.15) is 5.26 Å². The van der Waals surface area contributed by atoms with Crippen molar-refractivity contribution in [3.63, 3.8) is 0 Å². The van der Waals surface area contributed by atoms with Gasteiger partial charge in [0.2, 0.25) is 0 Å². The van der Waals surface area contributed by atoms with Crippen molar-refractivity contribution in [1.82, 2.24) is 9.88 Å². The maximum absolute atomic E-state index is 12.9. The number of pyridine rings is 1. The minimum absolute atomic E-state index is 0.0121. The number of ether oxygens (including phenoxy) is 1. The zero-order valence-electron chi connectivity index (χ0n) is 15.9. The summed E-state index contributed by atoms with van der Waals surface area (Å²) in [6.07, 6.45) is 1.64. The zero-order valence-corrected chi connectivity index (χ0v) is 15.9. The molecule has 0 atom stereocenters. The number of hydrogen-bond donors (Lipinski definition) is 0. The number of anilines is 1. The number of aromatic nitrogens is 1. The Morgan fingerprint density at radius 2 is 1.69 bits per heavy atom. The Hall–Kier alpha value is -3.85. The van der Waals surface area contributed by atoms with Crippen LogP contribution in [0.1, 0.15) is 15.9 Å². The quantitative estimate of drug-likeness (QED) is 0.686. The lowest BCUT2D eigenvalue weighted by atomic mass is 10.1. The maximum atomic E-state index is 12.9. The normalized spacial score (nSPS) is 13.6. The highest BCUT2D eigenvalue weighted by molar-refractivity contribution is 5.94. The second-order valence-electron chi connectivity index (χ2n) is 6.74. The third-order valence-corrected chi connectivity index (χ3v) is 4.83. The van der Waals surface area contributed by atoms with Gasteiger partial charge < -0.3 is 14.5 Å². The van der Waals surface area contributed by atoms with Gasteiger partial charge in [-0.25, -0.2) is 4.98 Å². The van der Waals surface area contributed by atoms with Crippen molar-refractivity contribution in [2.75, 3.05) is 31.1 Å². The molecule has 1 amide bonds. The lowest BCUT2D eigenvalue weighted by molar-refractivity contribution is 0.0746. The van der Waals surface area contributed by atoms with Crippen LogP contribution in [0.2, 0.25) is 0 Å². The number of amides is 1. The van der Waals surface area contributed by atoms with Crippen LogP contribution in [0.3, 0.4) is 0 Å². The molecule has 2 aromatic carbocycles. The Balaban J connectivity index is 1.41. The van der Waals surface area contributed by atoms with Crippen molar-refractivity contribution in [3.05, 3.63) is 84.1 Å². The number of para-hydroxylation sites is 1. The SMILES string of the molecule is N#Cc1ccnc(N2CCN(C(=O)c3cccc(Oc4ccccc4)c3)CC2)c1. The molecule has 0 saturated carbocycles. The average molecular weight is 384 g/mol. The van der Waals surface area contributed by atoms with E-state index in [1.165, 1.54) is 0 Å². The number of nitrogens with zero attached hydrogens (tertiary/aromatic N) is 4. The molecular formula is C23H20N4O2. The minimum atomic E-state index is -0.0121. The maximum Gasteiger partial charge on any atom is 0.254 e. The average Bonchev–Trinajstić information content (AvgIpc) is 2.79. The third-order valence-electron chi connectivity index (χ3n) is 4.83. The van der Waals surface area contributed by atoms with Crippen molar-refractivity contribution in [2.45, 2.75) is 0 Å². The van der Waals surface area contributed by atoms with Crippen LogP contribution < -0.4 is 9.64 Å². The van der Waals surface area contributed by atoms with E-state index in [1.54, 1.807) is 24.4 Å². The molecule has 6 heteroatoms. The summed E-state index contributed by atoms with van der Waals surface area (Å²) >= 11 is 0. The third kappa shape index (κ3) is 4.36. The summed E-state index contributed by atoms with van der Waals surface area (Å²) in [7, 11) is 0. The Kier molecular flexibility index (Phi) is 5.39. The van der Waals surface area contributed by atoms with Gasteiger partial charge in [0.1, 0.15) is 17.3 Å². The van der Waals surface area contributed by atoms with E-state index in [1.807, 2.05) is 53.4 Å². The van der Waals surface area contributed by atoms with E-state index in [4.69, 9.17) is 10.00 Å². The Morgan fingerprint density at radius 3 is 2.45 bits per heavy atom. The zero-order chi connectivity index (χ0) is 20.1. The first-order chi connectivity index (χ1) is 14.2. The Bertz CT molecular complexity index is 1040. The van der Waals surface area contributed by atoms with E-state index in [9.17, 15) is 4.79 Å². The van der Waals surface area contributed by atoms with Gasteiger partial charge in [-0.3, -0.25) is 4.79 Å². The van der Waals surface area contributed by atoms with Gasteiger partial charge in [-0.1, -0.05) is 24.3 Å². The molecule has 0 aliphatic carbocycles. The fraction of sp³-hybridized carbons (Fsp3) is 0.174. The molecule has 1 fully saturated rings. The second-order valence-corrected chi connectivity index (χ2v) is 6.74. The second kappa shape index (κ2) is 8.44. The largest absolute Gasteiger partial charge is 0.457 e. The van der Waals surface area contributed by atoms with E-state index in [-0.39, 0.29) is 5.91 Å². The summed E-state index contributed by atoms with van der Waals surface area (Å²) in [5, 5.41) is 9.06. The van der Waals surface area contributed by atoms with Crippen LogP contribution in [0.5, 0.6) is 11.5 Å². The Morgan fingerprint density at radius 1 is 0.931 bits per heavy atom. The van der Waals surface area contributed by atoms with Gasteiger partial charge in [-0.05, 0) is 42.5 Å². The highest BCUT2D eigenvalue weighted by Gasteiger charge is 2.23. The molecule has 1 aliphatic rings. The topological polar surface area (TPSA) is 69.5 Å². The van der Waals surface area contributed by atoms with Crippen molar-refractivity contribution < 1.29 is 9.53 Å². The van der Waals surface area contributed by atoms with Gasteiger partial charge >= 0.3 is 0 Å². The van der Waals surface area contributed by atoms with Crippen LogP contribution >= 0.6 is 0 Å². The van der Waals surface area contributed by atoms with Crippen LogP contribution in [0.15, 0.2) is 72.9 Å². The number of rotatable bonds is 4. The molecule has 144 valence electrons. The highest BCUT2D eigenvalue weighted by atomic mass is 16.5. The highest BCUT2D eigenvalue weighted by Crippen LogP contribution is 2.23. The molecular weight excluding hydrogens is 364 g/mol. The monoisotopic (exact) mass is 384 g/mol. The summed E-state index contributed by atoms with van der Waals surface area (Å²) in [6, 6.07) is 22.4. The van der Waals surface area contributed by atoms with Crippen LogP contribution in [0.25, 0.3) is 0 Å². The molecule has 0 N–H and O–H groups in total. The van der Waals surface area contributed by atoms with Crippen molar-refractivity contribution in [2.24, 2.45) is 0 Å². The predicted molar refractivity (Wildman–Crippen MR) is 110 cm³/mol. The van der Waals surface area contributed by atoms with E-state index in [2.05, 4.69) is 16.0 Å². The molecule has 1 aromatic heterocycles. The first-order valence-electron chi connectivity index (χ1n) is 9.46. The van der Waals surface area contributed by atoms with Gasteiger partial charge in [0, 0.05) is 37.9 Å². The summed E-state index contributed by atoms with van der Waals surface area (Å²) in [5.74, 6) is 2.13. The summed E-state index contributed by atoms with van der Waals surface area (Å²) in [6.45, 7) is 2.55. The van der Waals surface area contributed by atoms with Gasteiger partial charge in [-0.15, -0.1) is 0 Å². The lowest BCUT2D eigenvalue weighted by Crippen LogP contribution is -2.49. The number of benzene rings is 2. The van der Waals surface area contributed by atoms with Crippen molar-refractivity contribution in [1.29, 1.82) is 5.26 Å². The molecule has 3 aromatic rings. The van der Waals surface area contributed by atoms with Gasteiger partial charge in [0.05, 0.1) is 11.6 Å². The number of hydrogen-bond acceptors (Lipinski definition) is 5. The number of piperazine rings is 1. The molecule has 4 rings (SSSR count). The van der Waals surface area contributed by atoms with Crippen LogP contribution in [0, 0.1) is 11.3 Å². The number of carbonyl (C=O) groups excluding carboxylic acids is 1. The smallest absolute Gasteiger partial charge is 0.254 e. The van der Waals surface area contributed by atoms with Gasteiger partial charge in [0.25, 0.3) is 5.91 Å². The fourth-order valence-corrected chi connectivity index (χ4v) is 3.30. The standard InChI is InChI=1S/C23H20N4O2/c24-17-18-9-10-25-22(15-18)26-11-13-27(14-12-26)23(28)19-5-4-8-21(16-19)29-20-6-2-1-3-7-20/h1-10,15-16H,11-14H2. The number of nitriles is 1. The van der Waals surface area contributed by atoms with Gasteiger partial charge in [0.15, 0.2) is 0 Å². The lowest BCUT2D eigenvalue weighted by Gasteiger charge is -2.35. The number of carbonyl (C=O) groups is 1. The van der Waals surface area contributed by atoms with E-state index in [0.29, 0.717) is 43.1 Å². The fourth-order valence-electron chi connectivity index (χ4n) is 3.30. The first kappa shape index (κ1) is 18.5. The molecule has 0 spiro atoms. The van der Waals surface area contributed by atoms with E-state index >= 15 is 0 Å². The summed E-state index contributed by atoms with van der Waals surface area (Å²) in [4.78, 5) is 21.2. The Labute approximate surface area is 169 Å². The minimum Gasteiger partial charge on any atom is -0.457 e. The van der Waals surface area contributed by atoms with Crippen molar-refractivity contribution >= 4 is 11.7 Å². The van der Waals surface area contributed by atoms with E-state index < -0.39 is 0 Å². The molecule has 6 nitrogen and oxygen atoms in total. The summed E-state index contributed by atoms with van der Waals surface area (Å²) in [5.41, 5.74) is 1.19.